The van der Waals surface area contributed by atoms with Gasteiger partial charge in [-0.15, -0.1) is 0 Å². The van der Waals surface area contributed by atoms with Crippen LogP contribution in [0.15, 0.2) is 53.1 Å². The standard InChI is InChI=1S/C19H17ClN2O2/c20-16-4-1-14(2-5-16)19-21-17(12-24-19)11-22-8-7-13-3-6-18(23)9-15(13)10-22/h1-6,9,12,23H,7-8,10-11H2. The molecule has 1 aliphatic rings. The normalized spacial score (nSPS) is 14.5. The zero-order valence-electron chi connectivity index (χ0n) is 13.1. The molecule has 4 rings (SSSR count). The van der Waals surface area contributed by atoms with E-state index in [4.69, 9.17) is 16.0 Å². The van der Waals surface area contributed by atoms with Crippen LogP contribution in [-0.2, 0) is 19.5 Å². The van der Waals surface area contributed by atoms with Gasteiger partial charge in [0.05, 0.1) is 5.69 Å². The lowest BCUT2D eigenvalue weighted by atomic mass is 9.99. The Balaban J connectivity index is 1.48. The van der Waals surface area contributed by atoms with Gasteiger partial charge in [0.25, 0.3) is 0 Å². The molecular formula is C19H17ClN2O2. The average molecular weight is 341 g/mol. The van der Waals surface area contributed by atoms with Crippen molar-refractivity contribution in [1.82, 2.24) is 9.88 Å². The Morgan fingerprint density at radius 1 is 1.12 bits per heavy atom. The lowest BCUT2D eigenvalue weighted by Crippen LogP contribution is -2.30. The van der Waals surface area contributed by atoms with Crippen LogP contribution in [-0.4, -0.2) is 21.5 Å². The molecule has 1 N–H and O–H groups in total. The Hall–Kier alpha value is -2.30. The quantitative estimate of drug-likeness (QED) is 0.774. The van der Waals surface area contributed by atoms with Crippen LogP contribution in [0.5, 0.6) is 5.75 Å². The van der Waals surface area contributed by atoms with E-state index in [0.29, 0.717) is 16.7 Å². The molecule has 3 aromatic rings. The number of fused-ring (bicyclic) bond motifs is 1. The summed E-state index contributed by atoms with van der Waals surface area (Å²) < 4.78 is 5.60. The smallest absolute Gasteiger partial charge is 0.226 e. The number of hydrogen-bond donors (Lipinski definition) is 1. The maximum atomic E-state index is 9.66. The molecule has 4 nitrogen and oxygen atoms in total. The number of benzene rings is 2. The van der Waals surface area contributed by atoms with Crippen LogP contribution in [0.25, 0.3) is 11.5 Å². The van der Waals surface area contributed by atoms with Crippen LogP contribution in [0.3, 0.4) is 0 Å². The van der Waals surface area contributed by atoms with Crippen molar-refractivity contribution >= 4 is 11.6 Å². The van der Waals surface area contributed by atoms with Crippen LogP contribution in [0, 0.1) is 0 Å². The van der Waals surface area contributed by atoms with E-state index in [1.807, 2.05) is 36.4 Å². The SMILES string of the molecule is Oc1ccc2c(c1)CN(Cc1coc(-c3ccc(Cl)cc3)n1)CC2. The number of aromatic hydroxyl groups is 1. The van der Waals surface area contributed by atoms with Crippen molar-refractivity contribution < 1.29 is 9.52 Å². The molecule has 122 valence electrons. The molecule has 0 unspecified atom stereocenters. The first-order valence-electron chi connectivity index (χ1n) is 7.91. The van der Waals surface area contributed by atoms with Gasteiger partial charge >= 0.3 is 0 Å². The summed E-state index contributed by atoms with van der Waals surface area (Å²) in [7, 11) is 0. The van der Waals surface area contributed by atoms with Crippen LogP contribution < -0.4 is 0 Å². The fourth-order valence-corrected chi connectivity index (χ4v) is 3.20. The van der Waals surface area contributed by atoms with E-state index >= 15 is 0 Å². The zero-order valence-corrected chi connectivity index (χ0v) is 13.8. The lowest BCUT2D eigenvalue weighted by Gasteiger charge is -2.28. The highest BCUT2D eigenvalue weighted by molar-refractivity contribution is 6.30. The van der Waals surface area contributed by atoms with Crippen molar-refractivity contribution in [3.8, 4) is 17.2 Å². The maximum absolute atomic E-state index is 9.66. The minimum atomic E-state index is 0.321. The summed E-state index contributed by atoms with van der Waals surface area (Å²) in [5.41, 5.74) is 4.32. The first kappa shape index (κ1) is 15.2. The van der Waals surface area contributed by atoms with Gasteiger partial charge in [0.1, 0.15) is 12.0 Å². The molecule has 2 heterocycles. The largest absolute Gasteiger partial charge is 0.508 e. The predicted molar refractivity (Wildman–Crippen MR) is 92.9 cm³/mol. The van der Waals surface area contributed by atoms with Crippen LogP contribution in [0.1, 0.15) is 16.8 Å². The fourth-order valence-electron chi connectivity index (χ4n) is 3.07. The van der Waals surface area contributed by atoms with Gasteiger partial charge in [-0.1, -0.05) is 17.7 Å². The second-order valence-electron chi connectivity index (χ2n) is 6.06. The summed E-state index contributed by atoms with van der Waals surface area (Å²) >= 11 is 5.91. The minimum absolute atomic E-state index is 0.321. The Bertz CT molecular complexity index is 858. The van der Waals surface area contributed by atoms with E-state index < -0.39 is 0 Å². The molecule has 0 spiro atoms. The molecule has 0 saturated carbocycles. The lowest BCUT2D eigenvalue weighted by molar-refractivity contribution is 0.242. The summed E-state index contributed by atoms with van der Waals surface area (Å²) in [6.07, 6.45) is 2.69. The van der Waals surface area contributed by atoms with Crippen LogP contribution in [0.2, 0.25) is 5.02 Å². The van der Waals surface area contributed by atoms with Gasteiger partial charge in [-0.3, -0.25) is 4.90 Å². The Morgan fingerprint density at radius 3 is 2.79 bits per heavy atom. The topological polar surface area (TPSA) is 49.5 Å². The molecule has 24 heavy (non-hydrogen) atoms. The Kier molecular flexibility index (Phi) is 4.00. The molecule has 0 amide bonds. The van der Waals surface area contributed by atoms with Crippen molar-refractivity contribution in [2.45, 2.75) is 19.5 Å². The number of nitrogens with zero attached hydrogens (tertiary/aromatic N) is 2. The maximum Gasteiger partial charge on any atom is 0.226 e. The van der Waals surface area contributed by atoms with Crippen molar-refractivity contribution in [2.24, 2.45) is 0 Å². The van der Waals surface area contributed by atoms with Crippen molar-refractivity contribution in [3.63, 3.8) is 0 Å². The summed E-state index contributed by atoms with van der Waals surface area (Å²) in [5, 5.41) is 10.4. The van der Waals surface area contributed by atoms with Crippen molar-refractivity contribution in [1.29, 1.82) is 0 Å². The highest BCUT2D eigenvalue weighted by Gasteiger charge is 2.18. The van der Waals surface area contributed by atoms with Gasteiger partial charge in [-0.2, -0.15) is 0 Å². The van der Waals surface area contributed by atoms with E-state index in [1.54, 1.807) is 12.3 Å². The zero-order chi connectivity index (χ0) is 16.5. The van der Waals surface area contributed by atoms with E-state index in [9.17, 15) is 5.11 Å². The molecule has 0 aliphatic carbocycles. The predicted octanol–water partition coefficient (Wildman–Crippen LogP) is 4.26. The third kappa shape index (κ3) is 3.16. The Labute approximate surface area is 145 Å². The highest BCUT2D eigenvalue weighted by Crippen LogP contribution is 2.25. The fraction of sp³-hybridized carbons (Fsp3) is 0.211. The summed E-state index contributed by atoms with van der Waals surface area (Å²) in [5.74, 6) is 0.929. The van der Waals surface area contributed by atoms with E-state index in [-0.39, 0.29) is 0 Å². The number of hydrogen-bond acceptors (Lipinski definition) is 4. The summed E-state index contributed by atoms with van der Waals surface area (Å²) in [6.45, 7) is 2.51. The summed E-state index contributed by atoms with van der Waals surface area (Å²) in [4.78, 5) is 6.89. The number of halogens is 1. The molecule has 1 aliphatic heterocycles. The van der Waals surface area contributed by atoms with E-state index in [0.717, 1.165) is 37.3 Å². The molecular weight excluding hydrogens is 324 g/mol. The molecule has 0 atom stereocenters. The number of phenols is 1. The number of aromatic nitrogens is 1. The van der Waals surface area contributed by atoms with Crippen LogP contribution >= 0.6 is 11.6 Å². The van der Waals surface area contributed by atoms with Crippen molar-refractivity contribution in [3.05, 3.63) is 70.6 Å². The second kappa shape index (κ2) is 6.30. The minimum Gasteiger partial charge on any atom is -0.508 e. The van der Waals surface area contributed by atoms with Gasteiger partial charge in [-0.05, 0) is 53.9 Å². The highest BCUT2D eigenvalue weighted by atomic mass is 35.5. The number of oxazole rings is 1. The van der Waals surface area contributed by atoms with E-state index in [2.05, 4.69) is 9.88 Å². The van der Waals surface area contributed by atoms with Crippen LogP contribution in [0.4, 0.5) is 0 Å². The molecule has 0 radical (unpaired) electrons. The third-order valence-corrected chi connectivity index (χ3v) is 4.56. The van der Waals surface area contributed by atoms with Gasteiger partial charge in [-0.25, -0.2) is 4.98 Å². The molecule has 5 heteroatoms. The average Bonchev–Trinajstić information content (AvgIpc) is 3.03. The first-order chi connectivity index (χ1) is 11.7. The van der Waals surface area contributed by atoms with Gasteiger partial charge < -0.3 is 9.52 Å². The van der Waals surface area contributed by atoms with Gasteiger partial charge in [0.15, 0.2) is 0 Å². The number of phenolic OH excluding ortho intramolecular Hbond substituents is 1. The molecule has 0 fully saturated rings. The molecule has 2 aromatic carbocycles. The van der Waals surface area contributed by atoms with Gasteiger partial charge in [0, 0.05) is 30.2 Å². The Morgan fingerprint density at radius 2 is 1.96 bits per heavy atom. The molecule has 1 aromatic heterocycles. The molecule has 0 bridgehead atoms. The molecule has 0 saturated heterocycles. The van der Waals surface area contributed by atoms with Gasteiger partial charge in [0.2, 0.25) is 5.89 Å². The number of rotatable bonds is 3. The second-order valence-corrected chi connectivity index (χ2v) is 6.50. The monoisotopic (exact) mass is 340 g/mol. The summed E-state index contributed by atoms with van der Waals surface area (Å²) in [6, 6.07) is 13.1. The van der Waals surface area contributed by atoms with E-state index in [1.165, 1.54) is 11.1 Å². The third-order valence-electron chi connectivity index (χ3n) is 4.31. The first-order valence-corrected chi connectivity index (χ1v) is 8.29. The van der Waals surface area contributed by atoms with Crippen molar-refractivity contribution in [2.75, 3.05) is 6.54 Å².